The second kappa shape index (κ2) is 6.92. The molecule has 3 nitrogen and oxygen atoms in total. The van der Waals surface area contributed by atoms with Gasteiger partial charge in [0.2, 0.25) is 5.91 Å². The molecule has 1 N–H and O–H groups in total. The van der Waals surface area contributed by atoms with Crippen molar-refractivity contribution in [2.45, 2.75) is 33.1 Å². The van der Waals surface area contributed by atoms with Gasteiger partial charge in [0.25, 0.3) is 0 Å². The number of aryl methyl sites for hydroxylation is 3. The number of aromatic nitrogens is 1. The smallest absolute Gasteiger partial charge is 0.224 e. The molecule has 0 atom stereocenters. The summed E-state index contributed by atoms with van der Waals surface area (Å²) in [5.41, 5.74) is 4.35. The van der Waals surface area contributed by atoms with E-state index in [4.69, 9.17) is 0 Å². The van der Waals surface area contributed by atoms with Gasteiger partial charge in [-0.2, -0.15) is 0 Å². The summed E-state index contributed by atoms with van der Waals surface area (Å²) >= 11 is 1.71. The van der Waals surface area contributed by atoms with E-state index >= 15 is 0 Å². The van der Waals surface area contributed by atoms with Crippen LogP contribution in [0.1, 0.15) is 29.0 Å². The monoisotopic (exact) mass is 324 g/mol. The Bertz CT molecular complexity index is 805. The van der Waals surface area contributed by atoms with Crippen molar-refractivity contribution < 1.29 is 4.79 Å². The van der Waals surface area contributed by atoms with Crippen molar-refractivity contribution in [3.8, 4) is 0 Å². The van der Waals surface area contributed by atoms with E-state index in [0.717, 1.165) is 29.1 Å². The minimum atomic E-state index is 0.0642. The van der Waals surface area contributed by atoms with Gasteiger partial charge in [0.05, 0.1) is 15.2 Å². The van der Waals surface area contributed by atoms with Crippen LogP contribution in [-0.2, 0) is 11.2 Å². The molecular weight excluding hydrogens is 304 g/mol. The highest BCUT2D eigenvalue weighted by molar-refractivity contribution is 7.18. The average molecular weight is 324 g/mol. The summed E-state index contributed by atoms with van der Waals surface area (Å²) in [5.74, 6) is 0.0642. The minimum absolute atomic E-state index is 0.0642. The van der Waals surface area contributed by atoms with Crippen molar-refractivity contribution in [3.05, 3.63) is 58.6 Å². The van der Waals surface area contributed by atoms with Crippen molar-refractivity contribution in [1.82, 2.24) is 4.98 Å². The number of benzene rings is 2. The lowest BCUT2D eigenvalue weighted by molar-refractivity contribution is -0.116. The fourth-order valence-electron chi connectivity index (χ4n) is 2.47. The Kier molecular flexibility index (Phi) is 4.72. The predicted octanol–water partition coefficient (Wildman–Crippen LogP) is 4.87. The van der Waals surface area contributed by atoms with Crippen LogP contribution in [0.5, 0.6) is 0 Å². The van der Waals surface area contributed by atoms with Crippen molar-refractivity contribution in [1.29, 1.82) is 0 Å². The lowest BCUT2D eigenvalue weighted by atomic mass is 10.1. The molecule has 118 valence electrons. The van der Waals surface area contributed by atoms with Gasteiger partial charge >= 0.3 is 0 Å². The normalized spacial score (nSPS) is 10.9. The van der Waals surface area contributed by atoms with E-state index in [1.54, 1.807) is 11.3 Å². The number of fused-ring (bicyclic) bond motifs is 1. The number of hydrogen-bond donors (Lipinski definition) is 1. The second-order valence-electron chi connectivity index (χ2n) is 5.78. The lowest BCUT2D eigenvalue weighted by Crippen LogP contribution is -2.11. The Labute approximate surface area is 140 Å². The summed E-state index contributed by atoms with van der Waals surface area (Å²) in [5, 5.41) is 4.07. The van der Waals surface area contributed by atoms with Gasteiger partial charge in [-0.25, -0.2) is 4.98 Å². The van der Waals surface area contributed by atoms with Crippen molar-refractivity contribution >= 4 is 33.1 Å². The third kappa shape index (κ3) is 3.96. The number of nitrogens with one attached hydrogen (secondary N) is 1. The topological polar surface area (TPSA) is 42.0 Å². The van der Waals surface area contributed by atoms with Crippen LogP contribution in [0.4, 0.5) is 5.69 Å². The van der Waals surface area contributed by atoms with Gasteiger partial charge in [0.15, 0.2) is 0 Å². The molecule has 0 saturated heterocycles. The summed E-state index contributed by atoms with van der Waals surface area (Å²) in [4.78, 5) is 16.6. The number of nitrogens with zero attached hydrogens (tertiary/aromatic N) is 1. The molecule has 0 radical (unpaired) electrons. The highest BCUT2D eigenvalue weighted by Crippen LogP contribution is 2.23. The Hall–Kier alpha value is -2.20. The van der Waals surface area contributed by atoms with E-state index in [-0.39, 0.29) is 5.91 Å². The molecule has 4 heteroatoms. The summed E-state index contributed by atoms with van der Waals surface area (Å²) in [7, 11) is 0. The maximum atomic E-state index is 12.0. The van der Waals surface area contributed by atoms with Crippen LogP contribution in [0, 0.1) is 13.8 Å². The Morgan fingerprint density at radius 3 is 2.74 bits per heavy atom. The first-order valence-electron chi connectivity index (χ1n) is 7.83. The summed E-state index contributed by atoms with van der Waals surface area (Å²) < 4.78 is 1.21. The number of carbonyl (C=O) groups is 1. The van der Waals surface area contributed by atoms with Gasteiger partial charge in [-0.05, 0) is 62.1 Å². The summed E-state index contributed by atoms with van der Waals surface area (Å²) in [6, 6.07) is 14.1. The minimum Gasteiger partial charge on any atom is -0.326 e. The molecule has 23 heavy (non-hydrogen) atoms. The number of carbonyl (C=O) groups excluding carboxylic acids is 1. The van der Waals surface area contributed by atoms with Gasteiger partial charge < -0.3 is 5.32 Å². The van der Waals surface area contributed by atoms with Gasteiger partial charge in [0.1, 0.15) is 0 Å². The van der Waals surface area contributed by atoms with Crippen LogP contribution < -0.4 is 5.32 Å². The molecule has 3 aromatic rings. The van der Waals surface area contributed by atoms with Crippen LogP contribution in [0.25, 0.3) is 10.2 Å². The van der Waals surface area contributed by atoms with E-state index in [1.807, 2.05) is 36.4 Å². The second-order valence-corrected chi connectivity index (χ2v) is 6.89. The molecular formula is C19H20N2OS. The Morgan fingerprint density at radius 1 is 1.13 bits per heavy atom. The van der Waals surface area contributed by atoms with E-state index in [9.17, 15) is 4.79 Å². The van der Waals surface area contributed by atoms with Crippen LogP contribution in [0.15, 0.2) is 42.5 Å². The zero-order valence-electron chi connectivity index (χ0n) is 13.4. The predicted molar refractivity (Wildman–Crippen MR) is 97.1 cm³/mol. The number of para-hydroxylation sites is 1. The number of anilines is 1. The molecule has 2 aromatic carbocycles. The number of thiazole rings is 1. The maximum Gasteiger partial charge on any atom is 0.224 e. The Morgan fingerprint density at radius 2 is 1.96 bits per heavy atom. The summed E-state index contributed by atoms with van der Waals surface area (Å²) in [6.45, 7) is 4.12. The third-order valence-corrected chi connectivity index (χ3v) is 5.02. The molecule has 1 heterocycles. The first-order chi connectivity index (χ1) is 11.1. The molecule has 0 aliphatic heterocycles. The molecule has 0 aliphatic carbocycles. The van der Waals surface area contributed by atoms with Gasteiger partial charge in [-0.1, -0.05) is 18.2 Å². The highest BCUT2D eigenvalue weighted by Gasteiger charge is 2.06. The standard InChI is InChI=1S/C19H20N2OS/c1-13-10-11-15(12-14(13)2)20-18(22)8-5-9-19-21-16-6-3-4-7-17(16)23-19/h3-4,6-7,10-12H,5,8-9H2,1-2H3,(H,20,22). The third-order valence-electron chi connectivity index (χ3n) is 3.92. The molecule has 0 fully saturated rings. The summed E-state index contributed by atoms with van der Waals surface area (Å²) in [6.07, 6.45) is 2.18. The molecule has 1 aromatic heterocycles. The van der Waals surface area contributed by atoms with Crippen LogP contribution in [-0.4, -0.2) is 10.9 Å². The fraction of sp³-hybridized carbons (Fsp3) is 0.263. The lowest BCUT2D eigenvalue weighted by Gasteiger charge is -2.07. The largest absolute Gasteiger partial charge is 0.326 e. The van der Waals surface area contributed by atoms with E-state index in [1.165, 1.54) is 15.8 Å². The van der Waals surface area contributed by atoms with Crippen LogP contribution >= 0.6 is 11.3 Å². The van der Waals surface area contributed by atoms with Crippen molar-refractivity contribution in [2.75, 3.05) is 5.32 Å². The molecule has 0 bridgehead atoms. The molecule has 0 aliphatic rings. The maximum absolute atomic E-state index is 12.0. The van der Waals surface area contributed by atoms with Crippen molar-refractivity contribution in [2.24, 2.45) is 0 Å². The van der Waals surface area contributed by atoms with Crippen molar-refractivity contribution in [3.63, 3.8) is 0 Å². The zero-order valence-corrected chi connectivity index (χ0v) is 14.2. The molecule has 0 unspecified atom stereocenters. The Balaban J connectivity index is 1.51. The van der Waals surface area contributed by atoms with Gasteiger partial charge in [0, 0.05) is 12.1 Å². The molecule has 0 spiro atoms. The van der Waals surface area contributed by atoms with Gasteiger partial charge in [-0.3, -0.25) is 4.79 Å². The van der Waals surface area contributed by atoms with E-state index < -0.39 is 0 Å². The first kappa shape index (κ1) is 15.7. The highest BCUT2D eigenvalue weighted by atomic mass is 32.1. The number of rotatable bonds is 5. The molecule has 3 rings (SSSR count). The fourth-order valence-corrected chi connectivity index (χ4v) is 3.48. The quantitative estimate of drug-likeness (QED) is 0.727. The average Bonchev–Trinajstić information content (AvgIpc) is 2.93. The van der Waals surface area contributed by atoms with E-state index in [0.29, 0.717) is 6.42 Å². The van der Waals surface area contributed by atoms with Crippen LogP contribution in [0.3, 0.4) is 0 Å². The first-order valence-corrected chi connectivity index (χ1v) is 8.65. The number of hydrogen-bond acceptors (Lipinski definition) is 3. The zero-order chi connectivity index (χ0) is 16.2. The molecule has 1 amide bonds. The van der Waals surface area contributed by atoms with Crippen LogP contribution in [0.2, 0.25) is 0 Å². The number of amides is 1. The van der Waals surface area contributed by atoms with E-state index in [2.05, 4.69) is 30.2 Å². The van der Waals surface area contributed by atoms with Gasteiger partial charge in [-0.15, -0.1) is 11.3 Å². The molecule has 0 saturated carbocycles. The SMILES string of the molecule is Cc1ccc(NC(=O)CCCc2nc3ccccc3s2)cc1C.